The summed E-state index contributed by atoms with van der Waals surface area (Å²) in [5.41, 5.74) is 0. The largest absolute Gasteiger partial charge is 0.385 e. The Morgan fingerprint density at radius 1 is 1.56 bits per heavy atom. The summed E-state index contributed by atoms with van der Waals surface area (Å²) in [6.45, 7) is 2.80. The summed E-state index contributed by atoms with van der Waals surface area (Å²) in [4.78, 5) is 4.38. The van der Waals surface area contributed by atoms with E-state index in [1.165, 1.54) is 25.0 Å². The number of ether oxygens (including phenoxy) is 1. The van der Waals surface area contributed by atoms with Crippen molar-refractivity contribution in [3.63, 3.8) is 0 Å². The molecule has 18 heavy (non-hydrogen) atoms. The smallest absolute Gasteiger partial charge is 0.202 e. The zero-order valence-corrected chi connectivity index (χ0v) is 11.9. The average molecular weight is 269 g/mol. The van der Waals surface area contributed by atoms with Crippen LogP contribution in [0.3, 0.4) is 0 Å². The van der Waals surface area contributed by atoms with Gasteiger partial charge in [0.05, 0.1) is 0 Å². The minimum atomic E-state index is 0.757. The Morgan fingerprint density at radius 3 is 3.28 bits per heavy atom. The van der Waals surface area contributed by atoms with Gasteiger partial charge in [0.1, 0.15) is 0 Å². The molecule has 102 valence electrons. The molecule has 0 aliphatic carbocycles. The van der Waals surface area contributed by atoms with Crippen LogP contribution < -0.4 is 5.32 Å². The fourth-order valence-corrected chi connectivity index (χ4v) is 3.51. The van der Waals surface area contributed by atoms with E-state index in [0.29, 0.717) is 0 Å². The van der Waals surface area contributed by atoms with Crippen LogP contribution in [0, 0.1) is 0 Å². The third kappa shape index (κ3) is 4.21. The maximum Gasteiger partial charge on any atom is 0.202 e. The number of thioether (sulfide) groups is 1. The van der Waals surface area contributed by atoms with Gasteiger partial charge >= 0.3 is 0 Å². The average Bonchev–Trinajstić information content (AvgIpc) is 2.83. The van der Waals surface area contributed by atoms with E-state index in [2.05, 4.69) is 32.8 Å². The molecule has 2 heterocycles. The highest BCUT2D eigenvalue weighted by Gasteiger charge is 2.15. The summed E-state index contributed by atoms with van der Waals surface area (Å²) >= 11 is 2.11. The number of anilines is 1. The number of hydrogen-bond donors (Lipinski definition) is 1. The van der Waals surface area contributed by atoms with Gasteiger partial charge in [0, 0.05) is 44.4 Å². The topological polar surface area (TPSA) is 39.1 Å². The van der Waals surface area contributed by atoms with E-state index < -0.39 is 0 Å². The van der Waals surface area contributed by atoms with Crippen molar-refractivity contribution in [1.82, 2.24) is 9.55 Å². The van der Waals surface area contributed by atoms with Gasteiger partial charge in [-0.25, -0.2) is 4.98 Å². The number of aromatic nitrogens is 2. The molecule has 1 unspecified atom stereocenters. The highest BCUT2D eigenvalue weighted by Crippen LogP contribution is 2.26. The number of nitrogens with one attached hydrogen (secondary N) is 1. The standard InChI is InChI=1S/C13H23N3OS/c1-17-9-4-6-14-13-15-7-8-16(13)11-12-5-2-3-10-18-12/h7-8,12H,2-6,9-11H2,1H3,(H,14,15). The maximum absolute atomic E-state index is 5.04. The van der Waals surface area contributed by atoms with E-state index in [4.69, 9.17) is 4.74 Å². The molecule has 1 aliphatic rings. The molecule has 0 radical (unpaired) electrons. The van der Waals surface area contributed by atoms with Gasteiger partial charge in [0.15, 0.2) is 0 Å². The number of hydrogen-bond acceptors (Lipinski definition) is 4. The zero-order chi connectivity index (χ0) is 12.6. The summed E-state index contributed by atoms with van der Waals surface area (Å²) in [5.74, 6) is 2.31. The molecule has 0 spiro atoms. The second kappa shape index (κ2) is 7.69. The van der Waals surface area contributed by atoms with Crippen LogP contribution in [0.2, 0.25) is 0 Å². The fraction of sp³-hybridized carbons (Fsp3) is 0.769. The van der Waals surface area contributed by atoms with E-state index in [1.54, 1.807) is 7.11 Å². The number of imidazole rings is 1. The van der Waals surface area contributed by atoms with Crippen molar-refractivity contribution < 1.29 is 4.74 Å². The summed E-state index contributed by atoms with van der Waals surface area (Å²) in [7, 11) is 1.74. The molecule has 1 aliphatic heterocycles. The van der Waals surface area contributed by atoms with E-state index in [9.17, 15) is 0 Å². The predicted molar refractivity (Wildman–Crippen MR) is 77.3 cm³/mol. The predicted octanol–water partition coefficient (Wildman–Crippen LogP) is 2.62. The van der Waals surface area contributed by atoms with Gasteiger partial charge in [-0.15, -0.1) is 0 Å². The van der Waals surface area contributed by atoms with Gasteiger partial charge in [-0.2, -0.15) is 11.8 Å². The van der Waals surface area contributed by atoms with Crippen LogP contribution in [0.5, 0.6) is 0 Å². The van der Waals surface area contributed by atoms with Gasteiger partial charge in [-0.05, 0) is 25.0 Å². The highest BCUT2D eigenvalue weighted by molar-refractivity contribution is 7.99. The van der Waals surface area contributed by atoms with Gasteiger partial charge in [0.2, 0.25) is 5.95 Å². The minimum Gasteiger partial charge on any atom is -0.385 e. The Balaban J connectivity index is 1.79. The first-order valence-corrected chi connectivity index (χ1v) is 7.80. The molecule has 0 bridgehead atoms. The van der Waals surface area contributed by atoms with Crippen LogP contribution in [0.4, 0.5) is 5.95 Å². The summed E-state index contributed by atoms with van der Waals surface area (Å²) < 4.78 is 7.29. The molecule has 1 saturated heterocycles. The Kier molecular flexibility index (Phi) is 5.87. The fourth-order valence-electron chi connectivity index (χ4n) is 2.21. The lowest BCUT2D eigenvalue weighted by atomic mass is 10.2. The maximum atomic E-state index is 5.04. The van der Waals surface area contributed by atoms with E-state index in [0.717, 1.165) is 37.3 Å². The van der Waals surface area contributed by atoms with Crippen molar-refractivity contribution in [2.75, 3.05) is 31.3 Å². The van der Waals surface area contributed by atoms with Crippen LogP contribution in [-0.4, -0.2) is 40.8 Å². The van der Waals surface area contributed by atoms with Gasteiger partial charge in [-0.3, -0.25) is 0 Å². The first kappa shape index (κ1) is 13.7. The van der Waals surface area contributed by atoms with Crippen LogP contribution in [0.1, 0.15) is 25.7 Å². The van der Waals surface area contributed by atoms with Gasteiger partial charge in [0.25, 0.3) is 0 Å². The highest BCUT2D eigenvalue weighted by atomic mass is 32.2. The van der Waals surface area contributed by atoms with Gasteiger partial charge < -0.3 is 14.6 Å². The third-order valence-corrected chi connectivity index (χ3v) is 4.58. The second-order valence-corrected chi connectivity index (χ2v) is 6.07. The van der Waals surface area contributed by atoms with Crippen LogP contribution in [-0.2, 0) is 11.3 Å². The molecule has 0 amide bonds. The van der Waals surface area contributed by atoms with Crippen molar-refractivity contribution in [2.24, 2.45) is 0 Å². The molecule has 1 atom stereocenters. The Bertz CT molecular complexity index is 337. The SMILES string of the molecule is COCCCNc1nccn1CC1CCCCS1. The normalized spacial score (nSPS) is 19.9. The van der Waals surface area contributed by atoms with E-state index >= 15 is 0 Å². The lowest BCUT2D eigenvalue weighted by molar-refractivity contribution is 0.197. The first-order valence-electron chi connectivity index (χ1n) is 6.75. The Morgan fingerprint density at radius 2 is 2.50 bits per heavy atom. The first-order chi connectivity index (χ1) is 8.90. The Labute approximate surface area is 114 Å². The van der Waals surface area contributed by atoms with Crippen molar-refractivity contribution in [3.8, 4) is 0 Å². The third-order valence-electron chi connectivity index (χ3n) is 3.20. The van der Waals surface area contributed by atoms with Crippen LogP contribution >= 0.6 is 11.8 Å². The van der Waals surface area contributed by atoms with E-state index in [1.807, 2.05) is 6.20 Å². The number of rotatable bonds is 7. The summed E-state index contributed by atoms with van der Waals surface area (Å²) in [6.07, 6.45) is 9.07. The molecule has 1 aromatic rings. The van der Waals surface area contributed by atoms with Crippen molar-refractivity contribution >= 4 is 17.7 Å². The molecule has 5 heteroatoms. The minimum absolute atomic E-state index is 0.757. The summed E-state index contributed by atoms with van der Waals surface area (Å²) in [5, 5.41) is 4.14. The molecular formula is C13H23N3OS. The van der Waals surface area contributed by atoms with Gasteiger partial charge in [-0.1, -0.05) is 6.42 Å². The van der Waals surface area contributed by atoms with Crippen LogP contribution in [0.15, 0.2) is 12.4 Å². The second-order valence-electron chi connectivity index (χ2n) is 4.66. The molecular weight excluding hydrogens is 246 g/mol. The van der Waals surface area contributed by atoms with E-state index in [-0.39, 0.29) is 0 Å². The molecule has 1 aromatic heterocycles. The molecule has 2 rings (SSSR count). The quantitative estimate of drug-likeness (QED) is 0.772. The Hall–Kier alpha value is -0.680. The van der Waals surface area contributed by atoms with Crippen molar-refractivity contribution in [3.05, 3.63) is 12.4 Å². The lowest BCUT2D eigenvalue weighted by Crippen LogP contribution is -2.18. The number of nitrogens with zero attached hydrogens (tertiary/aromatic N) is 2. The molecule has 1 fully saturated rings. The van der Waals surface area contributed by atoms with Crippen LogP contribution in [0.25, 0.3) is 0 Å². The number of methoxy groups -OCH3 is 1. The molecule has 1 N–H and O–H groups in total. The zero-order valence-electron chi connectivity index (χ0n) is 11.1. The molecule has 0 saturated carbocycles. The van der Waals surface area contributed by atoms with Crippen molar-refractivity contribution in [1.29, 1.82) is 0 Å². The molecule has 0 aromatic carbocycles. The lowest BCUT2D eigenvalue weighted by Gasteiger charge is -2.22. The monoisotopic (exact) mass is 269 g/mol. The summed E-state index contributed by atoms with van der Waals surface area (Å²) in [6, 6.07) is 0. The molecule has 4 nitrogen and oxygen atoms in total. The van der Waals surface area contributed by atoms with Crippen molar-refractivity contribution in [2.45, 2.75) is 37.5 Å².